The van der Waals surface area contributed by atoms with Crippen LogP contribution in [-0.4, -0.2) is 6.54 Å². The summed E-state index contributed by atoms with van der Waals surface area (Å²) in [5.41, 5.74) is 1.32. The van der Waals surface area contributed by atoms with Gasteiger partial charge in [0.05, 0.1) is 5.02 Å². The summed E-state index contributed by atoms with van der Waals surface area (Å²) in [6, 6.07) is 9.17. The first-order valence-corrected chi connectivity index (χ1v) is 8.09. The minimum Gasteiger partial charge on any atom is -0.310 e. The molecule has 0 bridgehead atoms. The van der Waals surface area contributed by atoms with Crippen LogP contribution < -0.4 is 5.32 Å². The van der Waals surface area contributed by atoms with Gasteiger partial charge in [-0.15, -0.1) is 0 Å². The van der Waals surface area contributed by atoms with Crippen LogP contribution >= 0.6 is 34.2 Å². The molecule has 0 aromatic heterocycles. The Morgan fingerprint density at radius 1 is 1.19 bits per heavy atom. The van der Waals surface area contributed by atoms with E-state index in [1.54, 1.807) is 0 Å². The van der Waals surface area contributed by atoms with Crippen LogP contribution in [0.15, 0.2) is 36.4 Å². The van der Waals surface area contributed by atoms with E-state index in [-0.39, 0.29) is 6.04 Å². The van der Waals surface area contributed by atoms with Crippen molar-refractivity contribution in [1.29, 1.82) is 0 Å². The molecule has 0 amide bonds. The topological polar surface area (TPSA) is 12.0 Å². The second kappa shape index (κ2) is 7.51. The summed E-state index contributed by atoms with van der Waals surface area (Å²) in [4.78, 5) is 0. The minimum absolute atomic E-state index is 0.110. The van der Waals surface area contributed by atoms with Crippen LogP contribution in [0.5, 0.6) is 0 Å². The lowest BCUT2D eigenvalue weighted by molar-refractivity contribution is 0.522. The highest BCUT2D eigenvalue weighted by molar-refractivity contribution is 14.1. The standard InChI is InChI=1S/C16H15ClF2IN/c1-2-21-16(10-3-6-15(20)13(17)8-10)9-11-7-12(18)4-5-14(11)19/h3-8,16,21H,2,9H2,1H3. The molecule has 0 heterocycles. The molecule has 0 spiro atoms. The second-order valence-corrected chi connectivity index (χ2v) is 6.29. The van der Waals surface area contributed by atoms with Crippen LogP contribution in [0, 0.1) is 15.2 Å². The first-order chi connectivity index (χ1) is 10.0. The third-order valence-corrected chi connectivity index (χ3v) is 4.80. The van der Waals surface area contributed by atoms with Gasteiger partial charge in [0.1, 0.15) is 11.6 Å². The van der Waals surface area contributed by atoms with Gasteiger partial charge < -0.3 is 5.32 Å². The van der Waals surface area contributed by atoms with Crippen molar-refractivity contribution >= 4 is 34.2 Å². The lowest BCUT2D eigenvalue weighted by Gasteiger charge is -2.19. The summed E-state index contributed by atoms with van der Waals surface area (Å²) in [7, 11) is 0. The molecule has 0 saturated carbocycles. The molecule has 2 rings (SSSR count). The zero-order valence-electron chi connectivity index (χ0n) is 11.5. The molecule has 112 valence electrons. The van der Waals surface area contributed by atoms with Crippen molar-refractivity contribution < 1.29 is 8.78 Å². The van der Waals surface area contributed by atoms with Gasteiger partial charge >= 0.3 is 0 Å². The molecule has 5 heteroatoms. The fourth-order valence-corrected chi connectivity index (χ4v) is 2.73. The number of hydrogen-bond donors (Lipinski definition) is 1. The van der Waals surface area contributed by atoms with Crippen molar-refractivity contribution in [2.75, 3.05) is 6.54 Å². The molecule has 0 radical (unpaired) electrons. The van der Waals surface area contributed by atoms with E-state index in [4.69, 9.17) is 11.6 Å². The highest BCUT2D eigenvalue weighted by atomic mass is 127. The zero-order chi connectivity index (χ0) is 15.4. The predicted molar refractivity (Wildman–Crippen MR) is 90.6 cm³/mol. The Labute approximate surface area is 141 Å². The van der Waals surface area contributed by atoms with Gasteiger partial charge in [-0.3, -0.25) is 0 Å². The Kier molecular flexibility index (Phi) is 5.96. The van der Waals surface area contributed by atoms with E-state index in [9.17, 15) is 8.78 Å². The molecule has 0 aliphatic heterocycles. The molecular formula is C16H15ClF2IN. The third-order valence-electron chi connectivity index (χ3n) is 3.23. The molecule has 0 fully saturated rings. The molecule has 1 nitrogen and oxygen atoms in total. The van der Waals surface area contributed by atoms with Gasteiger partial charge in [0.15, 0.2) is 0 Å². The van der Waals surface area contributed by atoms with Crippen LogP contribution in [0.4, 0.5) is 8.78 Å². The Bertz CT molecular complexity index is 634. The Morgan fingerprint density at radius 3 is 2.62 bits per heavy atom. The van der Waals surface area contributed by atoms with Crippen LogP contribution in [0.1, 0.15) is 24.1 Å². The van der Waals surface area contributed by atoms with Crippen molar-refractivity contribution in [1.82, 2.24) is 5.32 Å². The summed E-state index contributed by atoms with van der Waals surface area (Å²) >= 11 is 8.31. The average molecular weight is 422 g/mol. The quantitative estimate of drug-likeness (QED) is 0.661. The molecule has 0 aliphatic rings. The fraction of sp³-hybridized carbons (Fsp3) is 0.250. The van der Waals surface area contributed by atoms with Gasteiger partial charge in [0.2, 0.25) is 0 Å². The van der Waals surface area contributed by atoms with Crippen molar-refractivity contribution in [2.45, 2.75) is 19.4 Å². The number of benzene rings is 2. The number of halogens is 4. The summed E-state index contributed by atoms with van der Waals surface area (Å²) < 4.78 is 28.1. The van der Waals surface area contributed by atoms with Gasteiger partial charge in [0.25, 0.3) is 0 Å². The van der Waals surface area contributed by atoms with Gasteiger partial charge in [-0.1, -0.05) is 24.6 Å². The van der Waals surface area contributed by atoms with E-state index in [1.165, 1.54) is 6.07 Å². The van der Waals surface area contributed by atoms with Crippen LogP contribution in [0.3, 0.4) is 0 Å². The maximum atomic E-state index is 13.8. The minimum atomic E-state index is -0.428. The summed E-state index contributed by atoms with van der Waals surface area (Å²) in [5, 5.41) is 3.95. The average Bonchev–Trinajstić information content (AvgIpc) is 2.45. The van der Waals surface area contributed by atoms with Crippen molar-refractivity contribution in [3.63, 3.8) is 0 Å². The van der Waals surface area contributed by atoms with Crippen LogP contribution in [0.2, 0.25) is 5.02 Å². The Balaban J connectivity index is 2.30. The SMILES string of the molecule is CCNC(Cc1cc(F)ccc1F)c1ccc(I)c(Cl)c1. The Hall–Kier alpha value is -0.720. The van der Waals surface area contributed by atoms with E-state index >= 15 is 0 Å². The Morgan fingerprint density at radius 2 is 1.95 bits per heavy atom. The smallest absolute Gasteiger partial charge is 0.126 e. The normalized spacial score (nSPS) is 12.4. The van der Waals surface area contributed by atoms with Crippen molar-refractivity contribution in [3.05, 3.63) is 67.8 Å². The highest BCUT2D eigenvalue weighted by Crippen LogP contribution is 2.26. The maximum absolute atomic E-state index is 13.8. The number of nitrogens with one attached hydrogen (secondary N) is 1. The van der Waals surface area contributed by atoms with Gasteiger partial charge in [-0.2, -0.15) is 0 Å². The first-order valence-electron chi connectivity index (χ1n) is 6.63. The molecule has 21 heavy (non-hydrogen) atoms. The third kappa shape index (κ3) is 4.37. The molecule has 0 aliphatic carbocycles. The number of hydrogen-bond acceptors (Lipinski definition) is 1. The van der Waals surface area contributed by atoms with Crippen molar-refractivity contribution in [3.8, 4) is 0 Å². The maximum Gasteiger partial charge on any atom is 0.126 e. The van der Waals surface area contributed by atoms with E-state index in [2.05, 4.69) is 27.9 Å². The summed E-state index contributed by atoms with van der Waals surface area (Å²) in [6.07, 6.45) is 0.369. The van der Waals surface area contributed by atoms with E-state index < -0.39 is 11.6 Å². The van der Waals surface area contributed by atoms with Crippen LogP contribution in [0.25, 0.3) is 0 Å². The van der Waals surface area contributed by atoms with Gasteiger partial charge in [0, 0.05) is 9.61 Å². The number of likely N-dealkylation sites (N-methyl/N-ethyl adjacent to an activating group) is 1. The fourth-order valence-electron chi connectivity index (χ4n) is 2.20. The summed E-state index contributed by atoms with van der Waals surface area (Å²) in [5.74, 6) is -0.821. The molecule has 1 atom stereocenters. The van der Waals surface area contributed by atoms with E-state index in [0.717, 1.165) is 27.8 Å². The molecular weight excluding hydrogens is 407 g/mol. The van der Waals surface area contributed by atoms with Gasteiger partial charge in [-0.05, 0) is 77.0 Å². The second-order valence-electron chi connectivity index (χ2n) is 4.72. The summed E-state index contributed by atoms with van der Waals surface area (Å²) in [6.45, 7) is 2.70. The molecule has 1 N–H and O–H groups in total. The van der Waals surface area contributed by atoms with E-state index in [1.807, 2.05) is 25.1 Å². The van der Waals surface area contributed by atoms with Crippen LogP contribution in [-0.2, 0) is 6.42 Å². The molecule has 2 aromatic carbocycles. The molecule has 1 unspecified atom stereocenters. The monoisotopic (exact) mass is 421 g/mol. The lowest BCUT2D eigenvalue weighted by atomic mass is 9.98. The largest absolute Gasteiger partial charge is 0.310 e. The zero-order valence-corrected chi connectivity index (χ0v) is 14.4. The first kappa shape index (κ1) is 16.6. The van der Waals surface area contributed by atoms with Crippen molar-refractivity contribution in [2.24, 2.45) is 0 Å². The number of rotatable bonds is 5. The predicted octanol–water partition coefficient (Wildman–Crippen LogP) is 5.12. The molecule has 2 aromatic rings. The lowest BCUT2D eigenvalue weighted by Crippen LogP contribution is -2.23. The van der Waals surface area contributed by atoms with E-state index in [0.29, 0.717) is 17.0 Å². The highest BCUT2D eigenvalue weighted by Gasteiger charge is 2.15. The van der Waals surface area contributed by atoms with Gasteiger partial charge in [-0.25, -0.2) is 8.78 Å². The molecule has 0 saturated heterocycles.